The average Bonchev–Trinajstić information content (AvgIpc) is 1.90. The summed E-state index contributed by atoms with van der Waals surface area (Å²) in [7, 11) is 2.04. The van der Waals surface area contributed by atoms with Crippen LogP contribution in [-0.4, -0.2) is 7.28 Å². The molecule has 0 aliphatic heterocycles. The van der Waals surface area contributed by atoms with Crippen LogP contribution in [0.3, 0.4) is 0 Å². The molecule has 0 saturated carbocycles. The smallest absolute Gasteiger partial charge is 0.0403 e. The van der Waals surface area contributed by atoms with Crippen molar-refractivity contribution in [2.24, 2.45) is 0 Å². The Hall–Kier alpha value is -0.425. The maximum atomic E-state index is 5.65. The lowest BCUT2D eigenvalue weighted by atomic mass is 9.74. The highest BCUT2D eigenvalue weighted by atomic mass is 35.5. The maximum Gasteiger partial charge on any atom is 0.0403 e. The third-order valence-electron chi connectivity index (χ3n) is 1.20. The van der Waals surface area contributed by atoms with Crippen molar-refractivity contribution >= 4 is 24.3 Å². The molecule has 0 bridgehead atoms. The Morgan fingerprint density at radius 3 is 2.22 bits per heavy atom. The van der Waals surface area contributed by atoms with Crippen molar-refractivity contribution in [3.8, 4) is 0 Å². The number of hydrogen-bond acceptors (Lipinski definition) is 0. The van der Waals surface area contributed by atoms with E-state index in [4.69, 9.17) is 11.6 Å². The molecule has 0 aromatic heterocycles. The summed E-state index contributed by atoms with van der Waals surface area (Å²) in [5.74, 6) is 0. The molecule has 0 atom stereocenters. The van der Waals surface area contributed by atoms with Gasteiger partial charge in [-0.05, 0) is 12.1 Å². The summed E-state index contributed by atoms with van der Waals surface area (Å²) in [4.78, 5) is 0. The van der Waals surface area contributed by atoms with Gasteiger partial charge in [0.15, 0.2) is 0 Å². The lowest BCUT2D eigenvalue weighted by Gasteiger charge is -2.06. The first-order chi connectivity index (χ1) is 4.33. The summed E-state index contributed by atoms with van der Waals surface area (Å²) in [6, 6.07) is 7.75. The molecule has 1 aromatic carbocycles. The van der Waals surface area contributed by atoms with Gasteiger partial charge in [-0.3, -0.25) is 5.46 Å². The van der Waals surface area contributed by atoms with Crippen LogP contribution in [0, 0.1) is 0 Å². The molecule has 0 heterocycles. The Balaban J connectivity index is 2.88. The fourth-order valence-electron chi connectivity index (χ4n) is 0.655. The zero-order valence-corrected chi connectivity index (χ0v) is 6.02. The van der Waals surface area contributed by atoms with Crippen LogP contribution in [0.1, 0.15) is 0 Å². The molecular formula is C7H7BCl-. The normalized spacial score (nSPS) is 9.56. The SMILES string of the molecule is C[B-]c1ccc(Cl)cc1. The Morgan fingerprint density at radius 1 is 1.22 bits per heavy atom. The van der Waals surface area contributed by atoms with Gasteiger partial charge < -0.3 is 7.28 Å². The van der Waals surface area contributed by atoms with E-state index in [9.17, 15) is 0 Å². The fourth-order valence-corrected chi connectivity index (χ4v) is 0.781. The minimum Gasteiger partial charge on any atom is -0.301 e. The molecule has 2 heteroatoms. The van der Waals surface area contributed by atoms with Crippen LogP contribution in [-0.2, 0) is 0 Å². The van der Waals surface area contributed by atoms with Gasteiger partial charge in [0.2, 0.25) is 0 Å². The standard InChI is InChI=1S/C7H7BCl/c1-8-6-2-4-7(9)5-3-6/h2-5H,1H3/q-1. The molecular weight excluding hydrogens is 130 g/mol. The molecule has 0 saturated heterocycles. The fraction of sp³-hybridized carbons (Fsp3) is 0.143. The van der Waals surface area contributed by atoms with Crippen molar-refractivity contribution in [3.63, 3.8) is 0 Å². The third kappa shape index (κ3) is 1.76. The second kappa shape index (κ2) is 2.93. The molecule has 0 aliphatic rings. The van der Waals surface area contributed by atoms with E-state index in [0.717, 1.165) is 5.02 Å². The first-order valence-corrected chi connectivity index (χ1v) is 3.25. The number of hydrogen-bond donors (Lipinski definition) is 0. The van der Waals surface area contributed by atoms with E-state index in [1.165, 1.54) is 5.46 Å². The van der Waals surface area contributed by atoms with Crippen LogP contribution in [0.25, 0.3) is 0 Å². The predicted octanol–water partition coefficient (Wildman–Crippen LogP) is 1.72. The molecule has 1 rings (SSSR count). The van der Waals surface area contributed by atoms with Crippen molar-refractivity contribution < 1.29 is 0 Å². The highest BCUT2D eigenvalue weighted by Crippen LogP contribution is 2.02. The monoisotopic (exact) mass is 137 g/mol. The van der Waals surface area contributed by atoms with Gasteiger partial charge in [0, 0.05) is 5.02 Å². The summed E-state index contributed by atoms with van der Waals surface area (Å²) < 4.78 is 0. The minimum atomic E-state index is 0.792. The Bertz CT molecular complexity index is 181. The zero-order valence-electron chi connectivity index (χ0n) is 5.26. The topological polar surface area (TPSA) is 0 Å². The average molecular weight is 137 g/mol. The van der Waals surface area contributed by atoms with Crippen LogP contribution in [0.4, 0.5) is 0 Å². The Labute approximate surface area is 61.1 Å². The lowest BCUT2D eigenvalue weighted by molar-refractivity contribution is 1.76. The second-order valence-electron chi connectivity index (χ2n) is 1.84. The van der Waals surface area contributed by atoms with E-state index in [-0.39, 0.29) is 0 Å². The number of benzene rings is 1. The summed E-state index contributed by atoms with van der Waals surface area (Å²) in [5.41, 5.74) is 1.21. The lowest BCUT2D eigenvalue weighted by Crippen LogP contribution is -2.08. The van der Waals surface area contributed by atoms with Gasteiger partial charge in [-0.1, -0.05) is 11.6 Å². The zero-order chi connectivity index (χ0) is 6.69. The highest BCUT2D eigenvalue weighted by molar-refractivity contribution is 6.52. The van der Waals surface area contributed by atoms with E-state index >= 15 is 0 Å². The van der Waals surface area contributed by atoms with Gasteiger partial charge in [0.05, 0.1) is 0 Å². The predicted molar refractivity (Wildman–Crippen MR) is 42.7 cm³/mol. The van der Waals surface area contributed by atoms with Crippen molar-refractivity contribution in [3.05, 3.63) is 29.3 Å². The van der Waals surface area contributed by atoms with Crippen LogP contribution in [0.15, 0.2) is 24.3 Å². The van der Waals surface area contributed by atoms with E-state index < -0.39 is 0 Å². The van der Waals surface area contributed by atoms with Crippen LogP contribution < -0.4 is 5.46 Å². The van der Waals surface area contributed by atoms with Crippen molar-refractivity contribution in [1.29, 1.82) is 0 Å². The first-order valence-electron chi connectivity index (χ1n) is 2.88. The molecule has 0 fully saturated rings. The van der Waals surface area contributed by atoms with Crippen molar-refractivity contribution in [2.45, 2.75) is 6.82 Å². The number of halogens is 1. The van der Waals surface area contributed by atoms with Crippen LogP contribution in [0.2, 0.25) is 11.8 Å². The summed E-state index contributed by atoms with van der Waals surface area (Å²) in [6.07, 6.45) is 0. The van der Waals surface area contributed by atoms with Gasteiger partial charge in [-0.15, -0.1) is 12.1 Å². The van der Waals surface area contributed by atoms with E-state index in [2.05, 4.69) is 0 Å². The van der Waals surface area contributed by atoms with Gasteiger partial charge in [0.1, 0.15) is 0 Å². The molecule has 9 heavy (non-hydrogen) atoms. The maximum absolute atomic E-state index is 5.65. The molecule has 46 valence electrons. The summed E-state index contributed by atoms with van der Waals surface area (Å²) in [5, 5.41) is 0.792. The molecule has 0 spiro atoms. The number of rotatable bonds is 1. The highest BCUT2D eigenvalue weighted by Gasteiger charge is 1.78. The van der Waals surface area contributed by atoms with Gasteiger partial charge in [0.25, 0.3) is 0 Å². The third-order valence-corrected chi connectivity index (χ3v) is 1.46. The Kier molecular flexibility index (Phi) is 2.18. The molecule has 0 nitrogen and oxygen atoms in total. The molecule has 0 aliphatic carbocycles. The van der Waals surface area contributed by atoms with E-state index in [1.54, 1.807) is 0 Å². The molecule has 2 radical (unpaired) electrons. The van der Waals surface area contributed by atoms with Gasteiger partial charge >= 0.3 is 0 Å². The molecule has 1 aromatic rings. The van der Waals surface area contributed by atoms with Crippen molar-refractivity contribution in [1.82, 2.24) is 0 Å². The van der Waals surface area contributed by atoms with Crippen LogP contribution in [0.5, 0.6) is 0 Å². The summed E-state index contributed by atoms with van der Waals surface area (Å²) >= 11 is 5.65. The molecule has 0 N–H and O–H groups in total. The largest absolute Gasteiger partial charge is 0.301 e. The van der Waals surface area contributed by atoms with Crippen molar-refractivity contribution in [2.75, 3.05) is 0 Å². The minimum absolute atomic E-state index is 0.792. The van der Waals surface area contributed by atoms with E-state index in [1.807, 2.05) is 38.4 Å². The summed E-state index contributed by atoms with van der Waals surface area (Å²) in [6.45, 7) is 2.00. The van der Waals surface area contributed by atoms with Gasteiger partial charge in [-0.2, -0.15) is 0 Å². The molecule has 0 amide bonds. The Morgan fingerprint density at radius 2 is 1.78 bits per heavy atom. The molecule has 0 unspecified atom stereocenters. The quantitative estimate of drug-likeness (QED) is 0.517. The second-order valence-corrected chi connectivity index (χ2v) is 2.28. The van der Waals surface area contributed by atoms with Crippen LogP contribution >= 0.6 is 11.6 Å². The van der Waals surface area contributed by atoms with Gasteiger partial charge in [-0.25, -0.2) is 6.82 Å². The first kappa shape index (κ1) is 6.69. The van der Waals surface area contributed by atoms with E-state index in [0.29, 0.717) is 0 Å².